The second-order valence-electron chi connectivity index (χ2n) is 5.92. The zero-order valence-electron chi connectivity index (χ0n) is 14.0. The molecule has 0 aliphatic heterocycles. The lowest BCUT2D eigenvalue weighted by atomic mass is 9.81. The van der Waals surface area contributed by atoms with Gasteiger partial charge in [0.15, 0.2) is 0 Å². The van der Waals surface area contributed by atoms with Crippen molar-refractivity contribution in [1.82, 2.24) is 14.9 Å². The van der Waals surface area contributed by atoms with Crippen LogP contribution in [0.2, 0.25) is 0 Å². The Morgan fingerprint density at radius 2 is 2.09 bits per heavy atom. The average molecular weight is 320 g/mol. The van der Waals surface area contributed by atoms with E-state index >= 15 is 0 Å². The van der Waals surface area contributed by atoms with Crippen LogP contribution in [-0.4, -0.2) is 28.5 Å². The van der Waals surface area contributed by atoms with Crippen molar-refractivity contribution in [3.8, 4) is 0 Å². The molecular weight excluding hydrogens is 295 g/mol. The first-order valence-electron chi connectivity index (χ1n) is 8.06. The summed E-state index contributed by atoms with van der Waals surface area (Å²) in [5.41, 5.74) is 6.81. The van der Waals surface area contributed by atoms with Gasteiger partial charge < -0.3 is 15.6 Å². The van der Waals surface area contributed by atoms with Crippen molar-refractivity contribution >= 4 is 16.9 Å². The Labute approximate surface area is 136 Å². The van der Waals surface area contributed by atoms with E-state index in [9.17, 15) is 9.18 Å². The normalized spacial score (nSPS) is 11.9. The molecule has 126 valence electrons. The molecule has 0 fully saturated rings. The maximum atomic E-state index is 13.3. The van der Waals surface area contributed by atoms with Gasteiger partial charge in [0.2, 0.25) is 5.91 Å². The Balaban J connectivity index is 2.04. The molecule has 5 nitrogen and oxygen atoms in total. The second-order valence-corrected chi connectivity index (χ2v) is 5.92. The number of nitrogens with one attached hydrogen (secondary N) is 1. The highest BCUT2D eigenvalue weighted by atomic mass is 19.1. The smallest absolute Gasteiger partial charge is 0.227 e. The lowest BCUT2D eigenvalue weighted by molar-refractivity contribution is -0.131. The van der Waals surface area contributed by atoms with Crippen molar-refractivity contribution in [2.24, 2.45) is 18.2 Å². The highest BCUT2D eigenvalue weighted by Gasteiger charge is 2.32. The standard InChI is InChI=1S/C17H25FN4O/c1-4-17(5-2,11-19)16(23)20-9-8-15-21-13-10-12(18)6-7-14(13)22(15)3/h6-7,10H,4-5,8-9,11,19H2,1-3H3,(H,20,23). The Morgan fingerprint density at radius 3 is 2.70 bits per heavy atom. The molecule has 1 amide bonds. The van der Waals surface area contributed by atoms with Crippen LogP contribution >= 0.6 is 0 Å². The number of hydrogen-bond donors (Lipinski definition) is 2. The molecule has 2 aromatic rings. The summed E-state index contributed by atoms with van der Waals surface area (Å²) < 4.78 is 15.2. The van der Waals surface area contributed by atoms with Crippen LogP contribution < -0.4 is 11.1 Å². The Bertz CT molecular complexity index is 683. The third-order valence-electron chi connectivity index (χ3n) is 4.80. The van der Waals surface area contributed by atoms with E-state index in [0.29, 0.717) is 25.0 Å². The van der Waals surface area contributed by atoms with E-state index in [-0.39, 0.29) is 11.7 Å². The molecule has 6 heteroatoms. The summed E-state index contributed by atoms with van der Waals surface area (Å²) in [6, 6.07) is 4.56. The second kappa shape index (κ2) is 7.08. The van der Waals surface area contributed by atoms with Crippen LogP contribution in [0, 0.1) is 11.2 Å². The van der Waals surface area contributed by atoms with Crippen molar-refractivity contribution in [2.75, 3.05) is 13.1 Å². The molecule has 0 radical (unpaired) electrons. The van der Waals surface area contributed by atoms with Crippen LogP contribution in [0.5, 0.6) is 0 Å². The minimum Gasteiger partial charge on any atom is -0.355 e. The first-order chi connectivity index (χ1) is 11.0. The molecule has 0 spiro atoms. The van der Waals surface area contributed by atoms with Crippen molar-refractivity contribution < 1.29 is 9.18 Å². The highest BCUT2D eigenvalue weighted by Crippen LogP contribution is 2.25. The topological polar surface area (TPSA) is 72.9 Å². The van der Waals surface area contributed by atoms with Gasteiger partial charge >= 0.3 is 0 Å². The highest BCUT2D eigenvalue weighted by molar-refractivity contribution is 5.82. The van der Waals surface area contributed by atoms with Gasteiger partial charge in [0.1, 0.15) is 11.6 Å². The molecule has 2 rings (SSSR count). The van der Waals surface area contributed by atoms with Crippen LogP contribution in [0.1, 0.15) is 32.5 Å². The van der Waals surface area contributed by atoms with Crippen LogP contribution in [0.3, 0.4) is 0 Å². The summed E-state index contributed by atoms with van der Waals surface area (Å²) in [5.74, 6) is 0.515. The largest absolute Gasteiger partial charge is 0.355 e. The number of nitrogens with zero attached hydrogens (tertiary/aromatic N) is 2. The SMILES string of the molecule is CCC(CC)(CN)C(=O)NCCc1nc2cc(F)ccc2n1C. The number of aromatic nitrogens is 2. The van der Waals surface area contributed by atoms with Crippen molar-refractivity contribution in [1.29, 1.82) is 0 Å². The van der Waals surface area contributed by atoms with Gasteiger partial charge in [0.25, 0.3) is 0 Å². The maximum absolute atomic E-state index is 13.3. The summed E-state index contributed by atoms with van der Waals surface area (Å²) in [6.07, 6.45) is 2.03. The van der Waals surface area contributed by atoms with Gasteiger partial charge in [-0.05, 0) is 25.0 Å². The predicted molar refractivity (Wildman–Crippen MR) is 89.5 cm³/mol. The van der Waals surface area contributed by atoms with E-state index in [1.807, 2.05) is 25.5 Å². The summed E-state index contributed by atoms with van der Waals surface area (Å²) in [4.78, 5) is 16.8. The Morgan fingerprint density at radius 1 is 1.39 bits per heavy atom. The average Bonchev–Trinajstić information content (AvgIpc) is 2.85. The number of nitrogens with two attached hydrogens (primary N) is 1. The molecule has 1 aromatic carbocycles. The number of hydrogen-bond acceptors (Lipinski definition) is 3. The lowest BCUT2D eigenvalue weighted by Crippen LogP contribution is -2.45. The first-order valence-corrected chi connectivity index (χ1v) is 8.06. The molecule has 0 aliphatic carbocycles. The van der Waals surface area contributed by atoms with E-state index in [2.05, 4.69) is 10.3 Å². The summed E-state index contributed by atoms with van der Waals surface area (Å²) in [5, 5.41) is 2.96. The fourth-order valence-corrected chi connectivity index (χ4v) is 2.87. The zero-order valence-corrected chi connectivity index (χ0v) is 14.0. The van der Waals surface area contributed by atoms with Gasteiger partial charge in [-0.1, -0.05) is 13.8 Å². The molecule has 0 bridgehead atoms. The fourth-order valence-electron chi connectivity index (χ4n) is 2.87. The lowest BCUT2D eigenvalue weighted by Gasteiger charge is -2.28. The Hall–Kier alpha value is -1.95. The number of imidazole rings is 1. The number of aryl methyl sites for hydroxylation is 1. The van der Waals surface area contributed by atoms with Gasteiger partial charge in [-0.2, -0.15) is 0 Å². The van der Waals surface area contributed by atoms with Crippen LogP contribution in [0.15, 0.2) is 18.2 Å². The molecule has 23 heavy (non-hydrogen) atoms. The summed E-state index contributed by atoms with van der Waals surface area (Å²) in [7, 11) is 1.90. The third kappa shape index (κ3) is 3.37. The van der Waals surface area contributed by atoms with Gasteiger partial charge in [-0.3, -0.25) is 4.79 Å². The van der Waals surface area contributed by atoms with Crippen molar-refractivity contribution in [2.45, 2.75) is 33.1 Å². The van der Waals surface area contributed by atoms with E-state index in [0.717, 1.165) is 24.2 Å². The van der Waals surface area contributed by atoms with Gasteiger partial charge in [0.05, 0.1) is 16.4 Å². The van der Waals surface area contributed by atoms with E-state index in [4.69, 9.17) is 5.73 Å². The number of carbonyl (C=O) groups is 1. The molecule has 0 aliphatic rings. The van der Waals surface area contributed by atoms with Crippen LogP contribution in [-0.2, 0) is 18.3 Å². The molecule has 0 unspecified atom stereocenters. The molecular formula is C17H25FN4O. The number of carbonyl (C=O) groups excluding carboxylic acids is 1. The van der Waals surface area contributed by atoms with E-state index < -0.39 is 5.41 Å². The minimum absolute atomic E-state index is 0.00481. The predicted octanol–water partition coefficient (Wildman–Crippen LogP) is 2.14. The summed E-state index contributed by atoms with van der Waals surface area (Å²) >= 11 is 0. The van der Waals surface area contributed by atoms with Gasteiger partial charge in [-0.15, -0.1) is 0 Å². The minimum atomic E-state index is -0.491. The summed E-state index contributed by atoms with van der Waals surface area (Å²) in [6.45, 7) is 4.80. The molecule has 3 N–H and O–H groups in total. The number of benzene rings is 1. The quantitative estimate of drug-likeness (QED) is 0.821. The zero-order chi connectivity index (χ0) is 17.0. The molecule has 0 atom stereocenters. The van der Waals surface area contributed by atoms with Crippen LogP contribution in [0.4, 0.5) is 4.39 Å². The van der Waals surface area contributed by atoms with E-state index in [1.165, 1.54) is 12.1 Å². The number of halogens is 1. The Kier molecular flexibility index (Phi) is 5.36. The van der Waals surface area contributed by atoms with Crippen molar-refractivity contribution in [3.05, 3.63) is 29.8 Å². The number of rotatable bonds is 7. The third-order valence-corrected chi connectivity index (χ3v) is 4.80. The monoisotopic (exact) mass is 320 g/mol. The molecule has 0 saturated carbocycles. The number of amides is 1. The fraction of sp³-hybridized carbons (Fsp3) is 0.529. The van der Waals surface area contributed by atoms with Crippen LogP contribution in [0.25, 0.3) is 11.0 Å². The molecule has 1 heterocycles. The van der Waals surface area contributed by atoms with Crippen molar-refractivity contribution in [3.63, 3.8) is 0 Å². The van der Waals surface area contributed by atoms with E-state index in [1.54, 1.807) is 6.07 Å². The van der Waals surface area contributed by atoms with Gasteiger partial charge in [-0.25, -0.2) is 9.37 Å². The molecule has 1 aromatic heterocycles. The number of fused-ring (bicyclic) bond motifs is 1. The first kappa shape index (κ1) is 17.4. The maximum Gasteiger partial charge on any atom is 0.227 e. The van der Waals surface area contributed by atoms with Gasteiger partial charge in [0, 0.05) is 32.6 Å². The molecule has 0 saturated heterocycles.